The summed E-state index contributed by atoms with van der Waals surface area (Å²) in [4.78, 5) is 40.7. The number of nitrogens with two attached hydrogens (primary N) is 1. The number of H-pyrrole nitrogens is 1. The molecule has 7 nitrogen and oxygen atoms in total. The number of benzene rings is 1. The van der Waals surface area contributed by atoms with Gasteiger partial charge in [-0.05, 0) is 24.3 Å². The molecule has 0 bridgehead atoms. The first-order chi connectivity index (χ1) is 12.5. The third-order valence-electron chi connectivity index (χ3n) is 5.05. The van der Waals surface area contributed by atoms with Crippen LogP contribution < -0.4 is 21.9 Å². The van der Waals surface area contributed by atoms with E-state index in [1.807, 2.05) is 30.3 Å². The number of nitrogens with zero attached hydrogens (tertiary/aromatic N) is 2. The van der Waals surface area contributed by atoms with Gasteiger partial charge in [0.25, 0.3) is 5.56 Å². The van der Waals surface area contributed by atoms with Crippen LogP contribution in [0.2, 0.25) is 0 Å². The molecule has 1 aliphatic carbocycles. The number of hydrogen-bond donors (Lipinski definition) is 2. The van der Waals surface area contributed by atoms with E-state index in [2.05, 4.69) is 4.98 Å². The molecule has 0 spiro atoms. The first-order valence-corrected chi connectivity index (χ1v) is 8.90. The molecule has 0 unspecified atom stereocenters. The summed E-state index contributed by atoms with van der Waals surface area (Å²) in [5.41, 5.74) is 5.81. The van der Waals surface area contributed by atoms with Crippen molar-refractivity contribution in [2.24, 2.45) is 5.92 Å². The minimum absolute atomic E-state index is 0.00451. The van der Waals surface area contributed by atoms with Crippen molar-refractivity contribution in [3.05, 3.63) is 56.7 Å². The van der Waals surface area contributed by atoms with Gasteiger partial charge in [-0.15, -0.1) is 0 Å². The van der Waals surface area contributed by atoms with E-state index in [9.17, 15) is 14.4 Å². The molecule has 3 N–H and O–H groups in total. The van der Waals surface area contributed by atoms with E-state index in [-0.39, 0.29) is 24.0 Å². The van der Waals surface area contributed by atoms with Crippen LogP contribution in [0.15, 0.2) is 39.9 Å². The number of aromatic amines is 1. The molecule has 0 radical (unpaired) electrons. The lowest BCUT2D eigenvalue weighted by Crippen LogP contribution is -2.39. The molecule has 26 heavy (non-hydrogen) atoms. The van der Waals surface area contributed by atoms with Gasteiger partial charge >= 0.3 is 5.69 Å². The molecular formula is C19H24N4O3. The van der Waals surface area contributed by atoms with Crippen molar-refractivity contribution in [3.8, 4) is 0 Å². The van der Waals surface area contributed by atoms with Gasteiger partial charge in [0.15, 0.2) is 5.69 Å². The van der Waals surface area contributed by atoms with Crippen LogP contribution in [0.1, 0.15) is 37.7 Å². The molecule has 138 valence electrons. The van der Waals surface area contributed by atoms with Crippen LogP contribution in [-0.2, 0) is 11.3 Å². The maximum atomic E-state index is 12.6. The molecule has 0 saturated heterocycles. The highest BCUT2D eigenvalue weighted by atomic mass is 16.2. The van der Waals surface area contributed by atoms with Crippen molar-refractivity contribution in [1.82, 2.24) is 9.55 Å². The average Bonchev–Trinajstić information content (AvgIpc) is 3.12. The average molecular weight is 356 g/mol. The summed E-state index contributed by atoms with van der Waals surface area (Å²) >= 11 is 0. The van der Waals surface area contributed by atoms with Crippen molar-refractivity contribution in [3.63, 3.8) is 0 Å². The lowest BCUT2D eigenvalue weighted by Gasteiger charge is -2.21. The van der Waals surface area contributed by atoms with Crippen molar-refractivity contribution >= 4 is 17.4 Å². The van der Waals surface area contributed by atoms with E-state index in [1.165, 1.54) is 16.5 Å². The van der Waals surface area contributed by atoms with E-state index in [1.54, 1.807) is 0 Å². The SMILES string of the molecule is CN(C(=O)CC1CCCC1)c1c(N)n(Cc2ccccc2)c(=O)[nH]c1=O. The highest BCUT2D eigenvalue weighted by Gasteiger charge is 2.25. The van der Waals surface area contributed by atoms with Gasteiger partial charge in [0.1, 0.15) is 5.82 Å². The fraction of sp³-hybridized carbons (Fsp3) is 0.421. The monoisotopic (exact) mass is 356 g/mol. The molecule has 1 aliphatic rings. The highest BCUT2D eigenvalue weighted by Crippen LogP contribution is 2.28. The Morgan fingerprint density at radius 1 is 1.23 bits per heavy atom. The number of hydrogen-bond acceptors (Lipinski definition) is 4. The van der Waals surface area contributed by atoms with Gasteiger partial charge in [0, 0.05) is 13.5 Å². The Balaban J connectivity index is 1.91. The molecule has 0 atom stereocenters. The van der Waals surface area contributed by atoms with Crippen molar-refractivity contribution in [1.29, 1.82) is 0 Å². The third-order valence-corrected chi connectivity index (χ3v) is 5.05. The molecule has 1 amide bonds. The maximum absolute atomic E-state index is 12.6. The topological polar surface area (TPSA) is 101 Å². The zero-order chi connectivity index (χ0) is 18.7. The molecule has 3 rings (SSSR count). The van der Waals surface area contributed by atoms with Crippen LogP contribution in [0.4, 0.5) is 11.5 Å². The van der Waals surface area contributed by atoms with Gasteiger partial charge in [-0.2, -0.15) is 0 Å². The van der Waals surface area contributed by atoms with Crippen molar-refractivity contribution < 1.29 is 4.79 Å². The lowest BCUT2D eigenvalue weighted by molar-refractivity contribution is -0.119. The summed E-state index contributed by atoms with van der Waals surface area (Å²) in [7, 11) is 1.54. The van der Waals surface area contributed by atoms with Crippen LogP contribution >= 0.6 is 0 Å². The number of amides is 1. The highest BCUT2D eigenvalue weighted by molar-refractivity contribution is 5.95. The minimum Gasteiger partial charge on any atom is -0.383 e. The number of nitrogen functional groups attached to an aromatic ring is 1. The molecule has 2 aromatic rings. The van der Waals surface area contributed by atoms with E-state index in [4.69, 9.17) is 5.73 Å². The zero-order valence-corrected chi connectivity index (χ0v) is 14.9. The molecule has 1 aromatic heterocycles. The quantitative estimate of drug-likeness (QED) is 0.851. The summed E-state index contributed by atoms with van der Waals surface area (Å²) in [5, 5.41) is 0. The van der Waals surface area contributed by atoms with Gasteiger partial charge < -0.3 is 10.6 Å². The molecule has 1 fully saturated rings. The molecule has 1 saturated carbocycles. The number of carbonyl (C=O) groups excluding carboxylic acids is 1. The Hall–Kier alpha value is -2.83. The summed E-state index contributed by atoms with van der Waals surface area (Å²) in [6.07, 6.45) is 4.77. The van der Waals surface area contributed by atoms with Gasteiger partial charge in [-0.25, -0.2) is 4.79 Å². The molecule has 0 aliphatic heterocycles. The van der Waals surface area contributed by atoms with E-state index in [0.717, 1.165) is 31.2 Å². The van der Waals surface area contributed by atoms with E-state index >= 15 is 0 Å². The first kappa shape index (κ1) is 18.0. The first-order valence-electron chi connectivity index (χ1n) is 8.90. The second-order valence-corrected chi connectivity index (χ2v) is 6.87. The zero-order valence-electron chi connectivity index (χ0n) is 14.9. The third kappa shape index (κ3) is 3.71. The predicted octanol–water partition coefficient (Wildman–Crippen LogP) is 1.71. The standard InChI is InChI=1S/C19H24N4O3/c1-22(15(24)11-13-7-5-6-8-13)16-17(20)23(19(26)21-18(16)25)12-14-9-3-2-4-10-14/h2-4,9-10,13H,5-8,11-12,20H2,1H3,(H,21,25,26). The van der Waals surface area contributed by atoms with Crippen molar-refractivity contribution in [2.75, 3.05) is 17.7 Å². The fourth-order valence-electron chi connectivity index (χ4n) is 3.55. The Morgan fingerprint density at radius 2 is 1.88 bits per heavy atom. The second kappa shape index (κ2) is 7.59. The number of nitrogens with one attached hydrogen (secondary N) is 1. The molecular weight excluding hydrogens is 332 g/mol. The molecule has 1 aromatic carbocycles. The number of anilines is 2. The maximum Gasteiger partial charge on any atom is 0.330 e. The van der Waals surface area contributed by atoms with Gasteiger partial charge in [0.2, 0.25) is 5.91 Å². The summed E-state index contributed by atoms with van der Waals surface area (Å²) in [6, 6.07) is 9.33. The summed E-state index contributed by atoms with van der Waals surface area (Å²) < 4.78 is 1.28. The van der Waals surface area contributed by atoms with Crippen LogP contribution in [0.5, 0.6) is 0 Å². The Bertz CT molecular complexity index is 895. The van der Waals surface area contributed by atoms with Crippen molar-refractivity contribution in [2.45, 2.75) is 38.6 Å². The summed E-state index contributed by atoms with van der Waals surface area (Å²) in [5.74, 6) is 0.212. The Labute approximate surface area is 151 Å². The summed E-state index contributed by atoms with van der Waals surface area (Å²) in [6.45, 7) is 0.222. The second-order valence-electron chi connectivity index (χ2n) is 6.87. The number of aromatic nitrogens is 2. The fourth-order valence-corrected chi connectivity index (χ4v) is 3.55. The van der Waals surface area contributed by atoms with Crippen LogP contribution in [0, 0.1) is 5.92 Å². The minimum atomic E-state index is -0.640. The molecule has 1 heterocycles. The Morgan fingerprint density at radius 3 is 2.54 bits per heavy atom. The normalized spacial score (nSPS) is 14.5. The van der Waals surface area contributed by atoms with Gasteiger partial charge in [-0.1, -0.05) is 43.2 Å². The number of carbonyl (C=O) groups is 1. The number of rotatable bonds is 5. The smallest absolute Gasteiger partial charge is 0.330 e. The van der Waals surface area contributed by atoms with E-state index in [0.29, 0.717) is 12.3 Å². The van der Waals surface area contributed by atoms with Crippen LogP contribution in [0.25, 0.3) is 0 Å². The Kier molecular flexibility index (Phi) is 5.25. The van der Waals surface area contributed by atoms with Crippen LogP contribution in [0.3, 0.4) is 0 Å². The molecule has 7 heteroatoms. The largest absolute Gasteiger partial charge is 0.383 e. The predicted molar refractivity (Wildman–Crippen MR) is 101 cm³/mol. The van der Waals surface area contributed by atoms with E-state index < -0.39 is 11.2 Å². The van der Waals surface area contributed by atoms with Gasteiger partial charge in [-0.3, -0.25) is 19.1 Å². The van der Waals surface area contributed by atoms with Crippen LogP contribution in [-0.4, -0.2) is 22.5 Å². The van der Waals surface area contributed by atoms with Gasteiger partial charge in [0.05, 0.1) is 6.54 Å². The lowest BCUT2D eigenvalue weighted by atomic mass is 10.0.